The maximum absolute atomic E-state index is 12.3. The number of benzene rings is 2. The summed E-state index contributed by atoms with van der Waals surface area (Å²) in [7, 11) is 0. The number of hydrogen-bond acceptors (Lipinski definition) is 5. The largest absolute Gasteiger partial charge is 0.321 e. The lowest BCUT2D eigenvalue weighted by Crippen LogP contribution is -2.11. The van der Waals surface area contributed by atoms with Gasteiger partial charge in [-0.25, -0.2) is 0 Å². The second-order valence-electron chi connectivity index (χ2n) is 5.46. The van der Waals surface area contributed by atoms with Crippen LogP contribution in [0.3, 0.4) is 0 Å². The van der Waals surface area contributed by atoms with Crippen LogP contribution in [0.15, 0.2) is 60.7 Å². The lowest BCUT2D eigenvalue weighted by molar-refractivity contribution is 0.102. The van der Waals surface area contributed by atoms with Crippen molar-refractivity contribution in [3.8, 4) is 12.1 Å². The van der Waals surface area contributed by atoms with Crippen LogP contribution in [0.1, 0.15) is 30.5 Å². The smallest absolute Gasteiger partial charge is 0.265 e. The summed E-state index contributed by atoms with van der Waals surface area (Å²) in [5, 5.41) is 23.2. The van der Waals surface area contributed by atoms with Crippen LogP contribution in [-0.4, -0.2) is 11.8 Å². The van der Waals surface area contributed by atoms with E-state index in [4.69, 9.17) is 10.5 Å². The van der Waals surface area contributed by atoms with Crippen molar-refractivity contribution >= 4 is 34.5 Å². The molecule has 0 aliphatic heterocycles. The molecule has 0 radical (unpaired) electrons. The van der Waals surface area contributed by atoms with Crippen molar-refractivity contribution in [1.29, 1.82) is 10.5 Å². The number of carbonyl (C=O) groups is 2. The summed E-state index contributed by atoms with van der Waals surface area (Å²) >= 11 is 1.05. The molecule has 3 rings (SSSR count). The summed E-state index contributed by atoms with van der Waals surface area (Å²) in [6, 6.07) is 20.3. The first-order valence-corrected chi connectivity index (χ1v) is 8.63. The molecule has 2 amide bonds. The Labute approximate surface area is 159 Å². The van der Waals surface area contributed by atoms with E-state index in [-0.39, 0.29) is 11.8 Å². The Morgan fingerprint density at radius 1 is 0.741 bits per heavy atom. The molecular weight excluding hydrogens is 360 g/mol. The topological polar surface area (TPSA) is 106 Å². The standard InChI is InChI=1S/C20H12N4O2S/c21-11-13-3-1-5-15(9-13)23-19(25)17-7-8-18(27-17)20(26)24-16-6-2-4-14(10-16)12-22/h1-10H,(H,23,25)(H,24,26). The Hall–Kier alpha value is -3.94. The molecule has 0 unspecified atom stereocenters. The van der Waals surface area contributed by atoms with Crippen molar-refractivity contribution in [2.45, 2.75) is 0 Å². The molecule has 0 saturated carbocycles. The van der Waals surface area contributed by atoms with Crippen molar-refractivity contribution in [2.75, 3.05) is 10.6 Å². The number of carbonyl (C=O) groups excluding carboxylic acids is 2. The summed E-state index contributed by atoms with van der Waals surface area (Å²) in [5.41, 5.74) is 1.90. The van der Waals surface area contributed by atoms with Crippen LogP contribution < -0.4 is 10.6 Å². The minimum Gasteiger partial charge on any atom is -0.321 e. The van der Waals surface area contributed by atoms with Gasteiger partial charge in [-0.1, -0.05) is 12.1 Å². The Bertz CT molecular complexity index is 1020. The average Bonchev–Trinajstić information content (AvgIpc) is 3.19. The molecule has 0 spiro atoms. The number of anilines is 2. The molecule has 130 valence electrons. The van der Waals surface area contributed by atoms with Crippen LogP contribution in [0.4, 0.5) is 11.4 Å². The Kier molecular flexibility index (Phi) is 5.27. The quantitative estimate of drug-likeness (QED) is 0.722. The maximum atomic E-state index is 12.3. The first-order valence-electron chi connectivity index (χ1n) is 7.82. The summed E-state index contributed by atoms with van der Waals surface area (Å²) in [5.74, 6) is -0.721. The molecule has 0 atom stereocenters. The van der Waals surface area contributed by atoms with E-state index >= 15 is 0 Å². The fourth-order valence-electron chi connectivity index (χ4n) is 2.30. The summed E-state index contributed by atoms with van der Waals surface area (Å²) < 4.78 is 0. The zero-order valence-electron chi connectivity index (χ0n) is 13.9. The molecular formula is C20H12N4O2S. The second-order valence-corrected chi connectivity index (χ2v) is 6.54. The van der Waals surface area contributed by atoms with Crippen LogP contribution in [0.25, 0.3) is 0 Å². The number of nitriles is 2. The third kappa shape index (κ3) is 4.37. The van der Waals surface area contributed by atoms with Gasteiger partial charge in [-0.15, -0.1) is 11.3 Å². The molecule has 7 heteroatoms. The molecule has 1 heterocycles. The number of nitrogens with zero attached hydrogens (tertiary/aromatic N) is 2. The first-order chi connectivity index (χ1) is 13.1. The molecule has 0 bridgehead atoms. The number of amides is 2. The highest BCUT2D eigenvalue weighted by Crippen LogP contribution is 2.20. The van der Waals surface area contributed by atoms with Gasteiger partial charge < -0.3 is 10.6 Å². The van der Waals surface area contributed by atoms with E-state index < -0.39 is 0 Å². The van der Waals surface area contributed by atoms with E-state index in [1.54, 1.807) is 60.7 Å². The Morgan fingerprint density at radius 2 is 1.19 bits per heavy atom. The summed E-state index contributed by atoms with van der Waals surface area (Å²) in [4.78, 5) is 25.4. The lowest BCUT2D eigenvalue weighted by atomic mass is 10.2. The minimum atomic E-state index is -0.361. The van der Waals surface area contributed by atoms with E-state index in [0.717, 1.165) is 11.3 Å². The van der Waals surface area contributed by atoms with E-state index in [2.05, 4.69) is 10.6 Å². The highest BCUT2D eigenvalue weighted by molar-refractivity contribution is 7.16. The monoisotopic (exact) mass is 372 g/mol. The van der Waals surface area contributed by atoms with E-state index in [1.165, 1.54) is 0 Å². The van der Waals surface area contributed by atoms with Crippen LogP contribution >= 0.6 is 11.3 Å². The number of nitrogens with one attached hydrogen (secondary N) is 2. The van der Waals surface area contributed by atoms with E-state index in [1.807, 2.05) is 12.1 Å². The normalized spacial score (nSPS) is 9.70. The van der Waals surface area contributed by atoms with Crippen LogP contribution in [-0.2, 0) is 0 Å². The van der Waals surface area contributed by atoms with Gasteiger partial charge in [-0.2, -0.15) is 10.5 Å². The van der Waals surface area contributed by atoms with Crippen LogP contribution in [0, 0.1) is 22.7 Å². The predicted molar refractivity (Wildman–Crippen MR) is 103 cm³/mol. The molecule has 1 aromatic heterocycles. The molecule has 0 aliphatic rings. The van der Waals surface area contributed by atoms with Gasteiger partial charge >= 0.3 is 0 Å². The zero-order chi connectivity index (χ0) is 19.2. The Balaban J connectivity index is 1.70. The van der Waals surface area contributed by atoms with Crippen molar-refractivity contribution in [2.24, 2.45) is 0 Å². The molecule has 0 fully saturated rings. The number of hydrogen-bond donors (Lipinski definition) is 2. The van der Waals surface area contributed by atoms with Crippen LogP contribution in [0.2, 0.25) is 0 Å². The second kappa shape index (κ2) is 7.96. The zero-order valence-corrected chi connectivity index (χ0v) is 14.7. The Morgan fingerprint density at radius 3 is 1.59 bits per heavy atom. The van der Waals surface area contributed by atoms with Gasteiger partial charge in [-0.05, 0) is 48.5 Å². The molecule has 2 N–H and O–H groups in total. The molecule has 0 aliphatic carbocycles. The van der Waals surface area contributed by atoms with Gasteiger partial charge in [0.25, 0.3) is 11.8 Å². The van der Waals surface area contributed by atoms with Crippen molar-refractivity contribution in [3.05, 3.63) is 81.5 Å². The van der Waals surface area contributed by atoms with Gasteiger partial charge in [0.05, 0.1) is 33.0 Å². The SMILES string of the molecule is N#Cc1cccc(NC(=O)c2ccc(C(=O)Nc3cccc(C#N)c3)s2)c1. The maximum Gasteiger partial charge on any atom is 0.265 e. The van der Waals surface area contributed by atoms with Gasteiger partial charge in [0.2, 0.25) is 0 Å². The summed E-state index contributed by atoms with van der Waals surface area (Å²) in [6.07, 6.45) is 0. The molecule has 2 aromatic carbocycles. The van der Waals surface area contributed by atoms with Crippen LogP contribution in [0.5, 0.6) is 0 Å². The lowest BCUT2D eigenvalue weighted by Gasteiger charge is -2.04. The van der Waals surface area contributed by atoms with Crippen molar-refractivity contribution in [1.82, 2.24) is 0 Å². The fraction of sp³-hybridized carbons (Fsp3) is 0. The molecule has 0 saturated heterocycles. The van der Waals surface area contributed by atoms with Gasteiger partial charge in [-0.3, -0.25) is 9.59 Å². The number of rotatable bonds is 4. The van der Waals surface area contributed by atoms with E-state index in [9.17, 15) is 9.59 Å². The molecule has 3 aromatic rings. The van der Waals surface area contributed by atoms with Gasteiger partial charge in [0.1, 0.15) is 0 Å². The minimum absolute atomic E-state index is 0.361. The van der Waals surface area contributed by atoms with Crippen molar-refractivity contribution in [3.63, 3.8) is 0 Å². The molecule has 6 nitrogen and oxygen atoms in total. The fourth-order valence-corrected chi connectivity index (χ4v) is 3.10. The third-order valence-electron chi connectivity index (χ3n) is 3.55. The molecule has 27 heavy (non-hydrogen) atoms. The highest BCUT2D eigenvalue weighted by Gasteiger charge is 2.14. The van der Waals surface area contributed by atoms with E-state index in [0.29, 0.717) is 32.3 Å². The average molecular weight is 372 g/mol. The van der Waals surface area contributed by atoms with Gasteiger partial charge in [0, 0.05) is 11.4 Å². The van der Waals surface area contributed by atoms with Gasteiger partial charge in [0.15, 0.2) is 0 Å². The predicted octanol–water partition coefficient (Wildman–Crippen LogP) is 4.00. The third-order valence-corrected chi connectivity index (χ3v) is 4.64. The van der Waals surface area contributed by atoms with Crippen molar-refractivity contribution < 1.29 is 9.59 Å². The highest BCUT2D eigenvalue weighted by atomic mass is 32.1. The first kappa shape index (κ1) is 17.9. The number of thiophene rings is 1. The summed E-state index contributed by atoms with van der Waals surface area (Å²) in [6.45, 7) is 0.